The Morgan fingerprint density at radius 2 is 1.65 bits per heavy atom. The first-order chi connectivity index (χ1) is 16.4. The summed E-state index contributed by atoms with van der Waals surface area (Å²) in [7, 11) is -1.55. The normalized spacial score (nSPS) is 17.6. The van der Waals surface area contributed by atoms with Gasteiger partial charge in [-0.1, -0.05) is 24.6 Å². The number of piperidine rings is 1. The fourth-order valence-electron chi connectivity index (χ4n) is 4.51. The van der Waals surface area contributed by atoms with Crippen LogP contribution in [0.25, 0.3) is 0 Å². The molecule has 8 nitrogen and oxygen atoms in total. The van der Waals surface area contributed by atoms with E-state index in [1.165, 1.54) is 11.3 Å². The van der Waals surface area contributed by atoms with Crippen molar-refractivity contribution in [2.45, 2.75) is 30.7 Å². The molecule has 0 saturated carbocycles. The van der Waals surface area contributed by atoms with E-state index in [1.54, 1.807) is 28.6 Å². The molecule has 184 valence electrons. The van der Waals surface area contributed by atoms with Gasteiger partial charge in [-0.15, -0.1) is 0 Å². The largest absolute Gasteiger partial charge is 0.378 e. The van der Waals surface area contributed by atoms with Crippen LogP contribution < -0.4 is 10.2 Å². The highest BCUT2D eigenvalue weighted by molar-refractivity contribution is 7.89. The minimum Gasteiger partial charge on any atom is -0.378 e. The number of amides is 1. The van der Waals surface area contributed by atoms with Crippen LogP contribution in [-0.2, 0) is 26.1 Å². The third-order valence-corrected chi connectivity index (χ3v) is 8.20. The summed E-state index contributed by atoms with van der Waals surface area (Å²) in [5.41, 5.74) is 2.94. The number of para-hydroxylation sites is 1. The first-order valence-corrected chi connectivity index (χ1v) is 13.4. The van der Waals surface area contributed by atoms with Crippen LogP contribution in [0.1, 0.15) is 24.8 Å². The van der Waals surface area contributed by atoms with Crippen LogP contribution >= 0.6 is 0 Å². The number of likely N-dealkylation sites (N-methyl/N-ethyl adjacent to an activating group) is 1. The van der Waals surface area contributed by atoms with Gasteiger partial charge in [-0.2, -0.15) is 4.31 Å². The minimum absolute atomic E-state index is 0.141. The molecule has 1 amide bonds. The second kappa shape index (κ2) is 11.3. The summed E-state index contributed by atoms with van der Waals surface area (Å²) in [6.07, 6.45) is 2.87. The zero-order chi connectivity index (χ0) is 24.0. The lowest BCUT2D eigenvalue weighted by atomic mass is 10.1. The predicted molar refractivity (Wildman–Crippen MR) is 133 cm³/mol. The van der Waals surface area contributed by atoms with E-state index in [-0.39, 0.29) is 17.3 Å². The van der Waals surface area contributed by atoms with Gasteiger partial charge in [0.1, 0.15) is 0 Å². The SMILES string of the molecule is CN(CC(=O)Nc1ccc(S(=O)(=O)N2CCCCC2)cc1)Cc1ccccc1N1CCOCC1. The number of morpholine rings is 1. The number of carbonyl (C=O) groups is 1. The number of anilines is 2. The van der Waals surface area contributed by atoms with Crippen molar-refractivity contribution in [3.63, 3.8) is 0 Å². The lowest BCUT2D eigenvalue weighted by Crippen LogP contribution is -2.37. The molecule has 2 saturated heterocycles. The molecule has 2 aromatic carbocycles. The molecule has 34 heavy (non-hydrogen) atoms. The van der Waals surface area contributed by atoms with Crippen molar-refractivity contribution in [1.82, 2.24) is 9.21 Å². The van der Waals surface area contributed by atoms with E-state index < -0.39 is 10.0 Å². The van der Waals surface area contributed by atoms with Gasteiger partial charge in [0.2, 0.25) is 15.9 Å². The average molecular weight is 487 g/mol. The predicted octanol–water partition coefficient (Wildman–Crippen LogP) is 2.77. The lowest BCUT2D eigenvalue weighted by Gasteiger charge is -2.31. The van der Waals surface area contributed by atoms with Gasteiger partial charge in [0.25, 0.3) is 0 Å². The molecule has 0 spiro atoms. The quantitative estimate of drug-likeness (QED) is 0.618. The smallest absolute Gasteiger partial charge is 0.243 e. The Balaban J connectivity index is 1.32. The Kier molecular flexibility index (Phi) is 8.20. The Hall–Kier alpha value is -2.46. The van der Waals surface area contributed by atoms with E-state index in [4.69, 9.17) is 4.74 Å². The number of ether oxygens (including phenoxy) is 1. The molecule has 2 heterocycles. The maximum Gasteiger partial charge on any atom is 0.243 e. The molecule has 0 radical (unpaired) electrons. The molecule has 4 rings (SSSR count). The maximum atomic E-state index is 12.8. The Morgan fingerprint density at radius 1 is 0.971 bits per heavy atom. The number of hydrogen-bond acceptors (Lipinski definition) is 6. The van der Waals surface area contributed by atoms with Gasteiger partial charge in [-0.05, 0) is 55.8 Å². The van der Waals surface area contributed by atoms with E-state index in [2.05, 4.69) is 22.3 Å². The molecule has 0 aliphatic carbocycles. The highest BCUT2D eigenvalue weighted by Gasteiger charge is 2.25. The maximum absolute atomic E-state index is 12.8. The van der Waals surface area contributed by atoms with Crippen molar-refractivity contribution >= 4 is 27.3 Å². The second-order valence-electron chi connectivity index (χ2n) is 8.94. The van der Waals surface area contributed by atoms with E-state index in [1.807, 2.05) is 24.1 Å². The Labute approximate surface area is 202 Å². The van der Waals surface area contributed by atoms with E-state index in [0.717, 1.165) is 45.6 Å². The van der Waals surface area contributed by atoms with Crippen molar-refractivity contribution in [3.05, 3.63) is 54.1 Å². The molecule has 0 unspecified atom stereocenters. The summed E-state index contributed by atoms with van der Waals surface area (Å²) in [6, 6.07) is 14.7. The van der Waals surface area contributed by atoms with E-state index >= 15 is 0 Å². The summed E-state index contributed by atoms with van der Waals surface area (Å²) in [5, 5.41) is 2.88. The Bertz CT molecular complexity index is 1060. The van der Waals surface area contributed by atoms with Crippen LogP contribution in [0.15, 0.2) is 53.4 Å². The number of carbonyl (C=O) groups excluding carboxylic acids is 1. The van der Waals surface area contributed by atoms with Crippen LogP contribution in [0.2, 0.25) is 0 Å². The van der Waals surface area contributed by atoms with Crippen LogP contribution in [0.4, 0.5) is 11.4 Å². The lowest BCUT2D eigenvalue weighted by molar-refractivity contribution is -0.117. The third-order valence-electron chi connectivity index (χ3n) is 6.29. The number of rotatable bonds is 8. The van der Waals surface area contributed by atoms with Crippen LogP contribution in [0.5, 0.6) is 0 Å². The summed E-state index contributed by atoms with van der Waals surface area (Å²) in [4.78, 5) is 17.2. The first kappa shape index (κ1) is 24.7. The molecule has 0 aromatic heterocycles. The molecule has 2 aromatic rings. The van der Waals surface area contributed by atoms with Gasteiger partial charge in [-0.25, -0.2) is 8.42 Å². The van der Waals surface area contributed by atoms with Gasteiger partial charge in [0.05, 0.1) is 24.7 Å². The van der Waals surface area contributed by atoms with E-state index in [9.17, 15) is 13.2 Å². The summed E-state index contributed by atoms with van der Waals surface area (Å²) >= 11 is 0. The van der Waals surface area contributed by atoms with Crippen LogP contribution in [-0.4, -0.2) is 76.5 Å². The Morgan fingerprint density at radius 3 is 2.35 bits per heavy atom. The second-order valence-corrected chi connectivity index (χ2v) is 10.9. The molecule has 2 aliphatic rings. The highest BCUT2D eigenvalue weighted by Crippen LogP contribution is 2.24. The van der Waals surface area contributed by atoms with Gasteiger partial charge < -0.3 is 15.0 Å². The molecule has 1 N–H and O–H groups in total. The summed E-state index contributed by atoms with van der Waals surface area (Å²) in [5.74, 6) is -0.141. The minimum atomic E-state index is -3.47. The number of benzene rings is 2. The number of nitrogens with one attached hydrogen (secondary N) is 1. The average Bonchev–Trinajstić information content (AvgIpc) is 2.85. The molecule has 2 aliphatic heterocycles. The van der Waals surface area contributed by atoms with Crippen molar-refractivity contribution in [1.29, 1.82) is 0 Å². The molecule has 2 fully saturated rings. The highest BCUT2D eigenvalue weighted by atomic mass is 32.2. The zero-order valence-corrected chi connectivity index (χ0v) is 20.6. The van der Waals surface area contributed by atoms with Crippen LogP contribution in [0.3, 0.4) is 0 Å². The number of hydrogen-bond donors (Lipinski definition) is 1. The molecular formula is C25H34N4O4S. The van der Waals surface area contributed by atoms with Crippen molar-refractivity contribution in [2.75, 3.05) is 63.2 Å². The number of nitrogens with zero attached hydrogens (tertiary/aromatic N) is 3. The topological polar surface area (TPSA) is 82.2 Å². The van der Waals surface area contributed by atoms with E-state index in [0.29, 0.717) is 25.3 Å². The molecular weight excluding hydrogens is 452 g/mol. The standard InChI is InChI=1S/C25H34N4O4S/c1-27(19-21-7-3-4-8-24(21)28-15-17-33-18-16-28)20-25(30)26-22-9-11-23(12-10-22)34(31,32)29-13-5-2-6-14-29/h3-4,7-12H,2,5-6,13-20H2,1H3,(H,26,30). The van der Waals surface area contributed by atoms with Crippen molar-refractivity contribution in [3.8, 4) is 0 Å². The van der Waals surface area contributed by atoms with Gasteiger partial charge >= 0.3 is 0 Å². The van der Waals surface area contributed by atoms with Crippen molar-refractivity contribution < 1.29 is 17.9 Å². The fourth-order valence-corrected chi connectivity index (χ4v) is 6.03. The zero-order valence-electron chi connectivity index (χ0n) is 19.8. The van der Waals surface area contributed by atoms with Gasteiger partial charge in [0, 0.05) is 44.1 Å². The third kappa shape index (κ3) is 6.15. The first-order valence-electron chi connectivity index (χ1n) is 11.9. The van der Waals surface area contributed by atoms with Gasteiger partial charge in [-0.3, -0.25) is 9.69 Å². The summed E-state index contributed by atoms with van der Waals surface area (Å²) < 4.78 is 32.6. The molecule has 0 bridgehead atoms. The molecule has 0 atom stereocenters. The van der Waals surface area contributed by atoms with Crippen LogP contribution in [0, 0.1) is 0 Å². The fraction of sp³-hybridized carbons (Fsp3) is 0.480. The van der Waals surface area contributed by atoms with Gasteiger partial charge in [0.15, 0.2) is 0 Å². The number of sulfonamides is 1. The van der Waals surface area contributed by atoms with Crippen molar-refractivity contribution in [2.24, 2.45) is 0 Å². The summed E-state index contributed by atoms with van der Waals surface area (Å²) in [6.45, 7) is 5.20. The molecule has 9 heteroatoms. The monoisotopic (exact) mass is 486 g/mol.